The van der Waals surface area contributed by atoms with E-state index in [9.17, 15) is 9.59 Å². The third kappa shape index (κ3) is 1.88. The lowest BCUT2D eigenvalue weighted by molar-refractivity contribution is 0.0601. The van der Waals surface area contributed by atoms with Gasteiger partial charge in [-0.05, 0) is 18.2 Å². The lowest BCUT2D eigenvalue weighted by atomic mass is 10.1. The van der Waals surface area contributed by atoms with Crippen molar-refractivity contribution in [2.75, 3.05) is 12.8 Å². The van der Waals surface area contributed by atoms with E-state index in [1.165, 1.54) is 24.6 Å². The molecule has 0 spiro atoms. The van der Waals surface area contributed by atoms with Crippen molar-refractivity contribution in [2.24, 2.45) is 0 Å². The Morgan fingerprint density at radius 3 is 2.90 bits per heavy atom. The van der Waals surface area contributed by atoms with Crippen LogP contribution in [-0.4, -0.2) is 23.0 Å². The molecule has 0 fully saturated rings. The molecule has 0 atom stereocenters. The van der Waals surface area contributed by atoms with Crippen LogP contribution in [-0.2, 0) is 4.74 Å². The number of anilines is 1. The number of nitrogens with two attached hydrogens (primary N) is 1. The van der Waals surface area contributed by atoms with Gasteiger partial charge in [-0.2, -0.15) is 4.98 Å². The number of rotatable bonds is 1. The van der Waals surface area contributed by atoms with Crippen molar-refractivity contribution in [3.63, 3.8) is 0 Å². The molecular weight excluding hydrogens is 278 g/mol. The Bertz CT molecular complexity index is 904. The van der Waals surface area contributed by atoms with Gasteiger partial charge in [-0.1, -0.05) is 11.3 Å². The van der Waals surface area contributed by atoms with E-state index >= 15 is 0 Å². The van der Waals surface area contributed by atoms with Crippen molar-refractivity contribution >= 4 is 43.4 Å². The van der Waals surface area contributed by atoms with E-state index in [1.807, 2.05) is 0 Å². The highest BCUT2D eigenvalue weighted by Crippen LogP contribution is 2.27. The molecular formula is C13H9N3O3S. The quantitative estimate of drug-likeness (QED) is 0.539. The number of hydrogen-bond donors (Lipinski definition) is 1. The molecule has 0 unspecified atom stereocenters. The van der Waals surface area contributed by atoms with Crippen molar-refractivity contribution in [3.8, 4) is 0 Å². The smallest absolute Gasteiger partial charge is 0.337 e. The second kappa shape index (κ2) is 4.53. The van der Waals surface area contributed by atoms with E-state index in [-0.39, 0.29) is 5.13 Å². The number of carbonyl (C=O) groups is 1. The summed E-state index contributed by atoms with van der Waals surface area (Å²) >= 11 is 1.19. The molecule has 0 aliphatic carbocycles. The lowest BCUT2D eigenvalue weighted by Gasteiger charge is -2.04. The summed E-state index contributed by atoms with van der Waals surface area (Å²) in [7, 11) is 1.31. The summed E-state index contributed by atoms with van der Waals surface area (Å²) in [5.41, 5.74) is 6.28. The molecule has 0 aliphatic rings. The number of nitrogens with zero attached hydrogens (tertiary/aromatic N) is 2. The molecule has 2 aromatic heterocycles. The molecule has 0 amide bonds. The van der Waals surface area contributed by atoms with Crippen LogP contribution in [0.3, 0.4) is 0 Å². The summed E-state index contributed by atoms with van der Waals surface area (Å²) in [6.45, 7) is 0. The van der Waals surface area contributed by atoms with Gasteiger partial charge in [0.25, 0.3) is 5.56 Å². The average molecular weight is 287 g/mol. The van der Waals surface area contributed by atoms with E-state index in [1.54, 1.807) is 18.2 Å². The molecule has 1 aromatic carbocycles. The highest BCUT2D eigenvalue weighted by Gasteiger charge is 2.11. The number of methoxy groups -OCH3 is 1. The summed E-state index contributed by atoms with van der Waals surface area (Å²) in [4.78, 5) is 31.3. The van der Waals surface area contributed by atoms with Crippen LogP contribution in [0.2, 0.25) is 0 Å². The highest BCUT2D eigenvalue weighted by molar-refractivity contribution is 7.22. The average Bonchev–Trinajstić information content (AvgIpc) is 2.45. The minimum absolute atomic E-state index is 0.179. The van der Waals surface area contributed by atoms with Crippen LogP contribution < -0.4 is 11.3 Å². The molecule has 0 saturated carbocycles. The van der Waals surface area contributed by atoms with Gasteiger partial charge in [0.2, 0.25) is 0 Å². The molecule has 0 radical (unpaired) electrons. The van der Waals surface area contributed by atoms with Crippen molar-refractivity contribution < 1.29 is 9.53 Å². The number of esters is 1. The monoisotopic (exact) mass is 287 g/mol. The van der Waals surface area contributed by atoms with Gasteiger partial charge in [0, 0.05) is 11.6 Å². The third-order valence-corrected chi connectivity index (χ3v) is 3.83. The summed E-state index contributed by atoms with van der Waals surface area (Å²) in [5.74, 6) is -0.446. The standard InChI is InChI=1S/C13H9N3O3S/c1-19-12(18)6-2-3-9-7(4-6)10-8(5-15-9)11(17)16-13(14)20-10/h2-5H,1H3,(H2,14,16,17). The molecule has 100 valence electrons. The molecule has 3 aromatic rings. The van der Waals surface area contributed by atoms with Crippen LogP contribution >= 0.6 is 11.3 Å². The van der Waals surface area contributed by atoms with Crippen LogP contribution in [0.4, 0.5) is 5.13 Å². The maximum Gasteiger partial charge on any atom is 0.337 e. The Labute approximate surface area is 116 Å². The molecule has 0 aliphatic heterocycles. The Morgan fingerprint density at radius 1 is 1.35 bits per heavy atom. The predicted molar refractivity (Wildman–Crippen MR) is 76.9 cm³/mol. The number of nitrogen functional groups attached to an aromatic ring is 1. The molecule has 0 saturated heterocycles. The second-order valence-corrected chi connectivity index (χ2v) is 5.11. The number of benzene rings is 1. The zero-order valence-electron chi connectivity index (χ0n) is 10.4. The van der Waals surface area contributed by atoms with Gasteiger partial charge in [-0.25, -0.2) is 4.79 Å². The molecule has 2 N–H and O–H groups in total. The Hall–Kier alpha value is -2.54. The fourth-order valence-corrected chi connectivity index (χ4v) is 2.82. The normalized spacial score (nSPS) is 10.8. The van der Waals surface area contributed by atoms with Crippen LogP contribution in [0, 0.1) is 0 Å². The minimum atomic E-state index is -0.446. The minimum Gasteiger partial charge on any atom is -0.465 e. The van der Waals surface area contributed by atoms with Crippen LogP contribution in [0.1, 0.15) is 10.4 Å². The lowest BCUT2D eigenvalue weighted by Crippen LogP contribution is -2.08. The van der Waals surface area contributed by atoms with Crippen LogP contribution in [0.15, 0.2) is 29.2 Å². The number of ether oxygens (including phenoxy) is 1. The van der Waals surface area contributed by atoms with Gasteiger partial charge < -0.3 is 10.5 Å². The first-order chi connectivity index (χ1) is 9.60. The van der Waals surface area contributed by atoms with E-state index in [0.29, 0.717) is 26.6 Å². The number of aromatic nitrogens is 2. The SMILES string of the molecule is COC(=O)c1ccc2ncc3c(=O)nc(N)sc3c2c1. The molecule has 7 heteroatoms. The maximum absolute atomic E-state index is 11.8. The first-order valence-corrected chi connectivity index (χ1v) is 6.49. The van der Waals surface area contributed by atoms with Gasteiger partial charge in [0.05, 0.1) is 28.3 Å². The first-order valence-electron chi connectivity index (χ1n) is 5.67. The number of pyridine rings is 1. The third-order valence-electron chi connectivity index (χ3n) is 2.89. The molecule has 0 bridgehead atoms. The van der Waals surface area contributed by atoms with Crippen molar-refractivity contribution in [1.29, 1.82) is 0 Å². The van der Waals surface area contributed by atoms with Crippen molar-refractivity contribution in [3.05, 3.63) is 40.3 Å². The van der Waals surface area contributed by atoms with Gasteiger partial charge in [0.1, 0.15) is 0 Å². The predicted octanol–water partition coefficient (Wildman–Crippen LogP) is 1.57. The van der Waals surface area contributed by atoms with Gasteiger partial charge in [-0.3, -0.25) is 9.78 Å². The Balaban J connectivity index is 2.45. The highest BCUT2D eigenvalue weighted by atomic mass is 32.1. The summed E-state index contributed by atoms with van der Waals surface area (Å²) in [6, 6.07) is 4.97. The van der Waals surface area contributed by atoms with Gasteiger partial charge >= 0.3 is 5.97 Å². The fourth-order valence-electron chi connectivity index (χ4n) is 1.96. The summed E-state index contributed by atoms with van der Waals surface area (Å²) < 4.78 is 5.36. The number of hydrogen-bond acceptors (Lipinski definition) is 7. The molecule has 6 nitrogen and oxygen atoms in total. The zero-order chi connectivity index (χ0) is 14.3. The molecule has 20 heavy (non-hydrogen) atoms. The Kier molecular flexibility index (Phi) is 2.83. The molecule has 2 heterocycles. The maximum atomic E-state index is 11.8. The van der Waals surface area contributed by atoms with Crippen LogP contribution in [0.25, 0.3) is 21.0 Å². The van der Waals surface area contributed by atoms with Gasteiger partial charge in [0.15, 0.2) is 5.13 Å². The zero-order valence-corrected chi connectivity index (χ0v) is 11.2. The molecule has 3 rings (SSSR count). The largest absolute Gasteiger partial charge is 0.465 e. The summed E-state index contributed by atoms with van der Waals surface area (Å²) in [6.07, 6.45) is 1.47. The first kappa shape index (κ1) is 12.5. The van der Waals surface area contributed by atoms with Crippen molar-refractivity contribution in [1.82, 2.24) is 9.97 Å². The second-order valence-electron chi connectivity index (χ2n) is 4.08. The fraction of sp³-hybridized carbons (Fsp3) is 0.0769. The van der Waals surface area contributed by atoms with E-state index < -0.39 is 11.5 Å². The van der Waals surface area contributed by atoms with Crippen molar-refractivity contribution in [2.45, 2.75) is 0 Å². The van der Waals surface area contributed by atoms with E-state index in [4.69, 9.17) is 5.73 Å². The number of carbonyl (C=O) groups excluding carboxylic acids is 1. The number of fused-ring (bicyclic) bond motifs is 3. The van der Waals surface area contributed by atoms with Gasteiger partial charge in [-0.15, -0.1) is 0 Å². The van der Waals surface area contributed by atoms with Crippen LogP contribution in [0.5, 0.6) is 0 Å². The topological polar surface area (TPSA) is 95.2 Å². The van der Waals surface area contributed by atoms with E-state index in [0.717, 1.165) is 0 Å². The van der Waals surface area contributed by atoms with E-state index in [2.05, 4.69) is 14.7 Å². The summed E-state index contributed by atoms with van der Waals surface area (Å²) in [5, 5.41) is 1.25. The Morgan fingerprint density at radius 2 is 2.15 bits per heavy atom.